The summed E-state index contributed by atoms with van der Waals surface area (Å²) >= 11 is 1.67. The van der Waals surface area contributed by atoms with E-state index in [0.717, 1.165) is 46.9 Å². The normalized spacial score (nSPS) is 16.1. The van der Waals surface area contributed by atoms with Gasteiger partial charge in [-0.05, 0) is 55.4 Å². The quantitative estimate of drug-likeness (QED) is 0.649. The Hall–Kier alpha value is -2.53. The van der Waals surface area contributed by atoms with Crippen molar-refractivity contribution in [1.29, 1.82) is 0 Å². The van der Waals surface area contributed by atoms with Crippen molar-refractivity contribution in [1.82, 2.24) is 9.97 Å². The highest BCUT2D eigenvalue weighted by molar-refractivity contribution is 7.15. The molecule has 3 aromatic rings. The second-order valence-corrected chi connectivity index (χ2v) is 8.81. The van der Waals surface area contributed by atoms with Crippen molar-refractivity contribution < 1.29 is 4.79 Å². The number of thiazole rings is 1. The lowest BCUT2D eigenvalue weighted by atomic mass is 9.90. The zero-order chi connectivity index (χ0) is 19.7. The molecule has 0 spiro atoms. The van der Waals surface area contributed by atoms with E-state index in [4.69, 9.17) is 4.98 Å². The molecule has 5 heteroatoms. The summed E-state index contributed by atoms with van der Waals surface area (Å²) in [7, 11) is 0. The van der Waals surface area contributed by atoms with Crippen LogP contribution in [0, 0.1) is 12.8 Å². The minimum Gasteiger partial charge on any atom is -0.325 e. The molecule has 144 valence electrons. The maximum absolute atomic E-state index is 13.0. The molecule has 0 fully saturated rings. The summed E-state index contributed by atoms with van der Waals surface area (Å²) < 4.78 is 0. The van der Waals surface area contributed by atoms with Gasteiger partial charge in [-0.3, -0.25) is 9.78 Å². The Morgan fingerprint density at radius 1 is 1.21 bits per heavy atom. The standard InChI is InChI=1S/C23H25N3OS/c1-14(2)17-8-6-7-15(3)21(17)26-22(27)16-10-11-18-20(13-16)28-23(25-18)19-9-4-5-12-24-19/h4-9,12,14,16H,10-11,13H2,1-3H3,(H,26,27). The van der Waals surface area contributed by atoms with Crippen LogP contribution in [0.4, 0.5) is 5.69 Å². The number of para-hydroxylation sites is 1. The van der Waals surface area contributed by atoms with E-state index in [0.29, 0.717) is 5.92 Å². The Morgan fingerprint density at radius 3 is 2.82 bits per heavy atom. The zero-order valence-corrected chi connectivity index (χ0v) is 17.3. The molecule has 1 amide bonds. The highest BCUT2D eigenvalue weighted by Gasteiger charge is 2.28. The number of aromatic nitrogens is 2. The summed E-state index contributed by atoms with van der Waals surface area (Å²) in [5, 5.41) is 4.18. The van der Waals surface area contributed by atoms with Crippen LogP contribution in [-0.2, 0) is 17.6 Å². The zero-order valence-electron chi connectivity index (χ0n) is 16.5. The van der Waals surface area contributed by atoms with Crippen molar-refractivity contribution in [2.24, 2.45) is 5.92 Å². The number of amides is 1. The molecule has 1 unspecified atom stereocenters. The number of rotatable bonds is 4. The summed E-state index contributed by atoms with van der Waals surface area (Å²) in [4.78, 5) is 23.4. The summed E-state index contributed by atoms with van der Waals surface area (Å²) in [6, 6.07) is 12.1. The number of anilines is 1. The highest BCUT2D eigenvalue weighted by atomic mass is 32.1. The molecule has 0 saturated heterocycles. The lowest BCUT2D eigenvalue weighted by Crippen LogP contribution is -2.28. The first-order valence-electron chi connectivity index (χ1n) is 9.83. The largest absolute Gasteiger partial charge is 0.325 e. The van der Waals surface area contributed by atoms with Gasteiger partial charge in [0.15, 0.2) is 0 Å². The predicted molar refractivity (Wildman–Crippen MR) is 115 cm³/mol. The smallest absolute Gasteiger partial charge is 0.227 e. The minimum atomic E-state index is -0.0100. The first-order valence-corrected chi connectivity index (χ1v) is 10.6. The van der Waals surface area contributed by atoms with Crippen molar-refractivity contribution >= 4 is 22.9 Å². The topological polar surface area (TPSA) is 54.9 Å². The molecule has 2 heterocycles. The predicted octanol–water partition coefficient (Wildman–Crippen LogP) is 5.38. The first kappa shape index (κ1) is 18.8. The van der Waals surface area contributed by atoms with Gasteiger partial charge in [-0.1, -0.05) is 38.1 Å². The number of hydrogen-bond acceptors (Lipinski definition) is 4. The molecule has 1 aliphatic rings. The number of carbonyl (C=O) groups is 1. The van der Waals surface area contributed by atoms with E-state index in [2.05, 4.69) is 49.3 Å². The summed E-state index contributed by atoms with van der Waals surface area (Å²) in [5.74, 6) is 0.481. The average Bonchev–Trinajstić information content (AvgIpc) is 3.13. The van der Waals surface area contributed by atoms with Crippen molar-refractivity contribution in [3.05, 3.63) is 64.3 Å². The van der Waals surface area contributed by atoms with Crippen LogP contribution in [0.15, 0.2) is 42.6 Å². The third-order valence-electron chi connectivity index (χ3n) is 5.37. The third kappa shape index (κ3) is 3.72. The van der Waals surface area contributed by atoms with Gasteiger partial charge in [0, 0.05) is 22.7 Å². The second-order valence-electron chi connectivity index (χ2n) is 7.73. The molecule has 0 aliphatic heterocycles. The van der Waals surface area contributed by atoms with Crippen LogP contribution in [0.25, 0.3) is 10.7 Å². The SMILES string of the molecule is Cc1cccc(C(C)C)c1NC(=O)C1CCc2nc(-c3ccccn3)sc2C1. The van der Waals surface area contributed by atoms with Gasteiger partial charge in [0.05, 0.1) is 11.4 Å². The molecular formula is C23H25N3OS. The molecule has 2 aromatic heterocycles. The van der Waals surface area contributed by atoms with Gasteiger partial charge in [-0.15, -0.1) is 11.3 Å². The second kappa shape index (κ2) is 7.84. The average molecular weight is 392 g/mol. The van der Waals surface area contributed by atoms with Gasteiger partial charge in [0.2, 0.25) is 5.91 Å². The van der Waals surface area contributed by atoms with E-state index in [1.165, 1.54) is 10.4 Å². The summed E-state index contributed by atoms with van der Waals surface area (Å²) in [5.41, 5.74) is 5.33. The van der Waals surface area contributed by atoms with Gasteiger partial charge in [-0.2, -0.15) is 0 Å². The number of aryl methyl sites for hydroxylation is 2. The maximum atomic E-state index is 13.0. The number of nitrogens with one attached hydrogen (secondary N) is 1. The molecule has 1 aromatic carbocycles. The van der Waals surface area contributed by atoms with Gasteiger partial charge >= 0.3 is 0 Å². The van der Waals surface area contributed by atoms with Crippen molar-refractivity contribution in [3.63, 3.8) is 0 Å². The van der Waals surface area contributed by atoms with Crippen LogP contribution in [-0.4, -0.2) is 15.9 Å². The van der Waals surface area contributed by atoms with E-state index in [9.17, 15) is 4.79 Å². The van der Waals surface area contributed by atoms with Crippen molar-refractivity contribution in [3.8, 4) is 10.7 Å². The monoisotopic (exact) mass is 391 g/mol. The Labute approximate surface area is 170 Å². The fraction of sp³-hybridized carbons (Fsp3) is 0.348. The Bertz CT molecular complexity index is 994. The Kier molecular flexibility index (Phi) is 5.27. The number of fused-ring (bicyclic) bond motifs is 1. The van der Waals surface area contributed by atoms with Crippen LogP contribution >= 0.6 is 11.3 Å². The van der Waals surface area contributed by atoms with Gasteiger partial charge in [-0.25, -0.2) is 4.98 Å². The molecular weight excluding hydrogens is 366 g/mol. The van der Waals surface area contributed by atoms with E-state index in [1.54, 1.807) is 17.5 Å². The number of hydrogen-bond donors (Lipinski definition) is 1. The Balaban J connectivity index is 1.52. The van der Waals surface area contributed by atoms with E-state index < -0.39 is 0 Å². The maximum Gasteiger partial charge on any atom is 0.227 e. The lowest BCUT2D eigenvalue weighted by Gasteiger charge is -2.23. The van der Waals surface area contributed by atoms with Gasteiger partial charge in [0.1, 0.15) is 5.01 Å². The van der Waals surface area contributed by atoms with E-state index >= 15 is 0 Å². The van der Waals surface area contributed by atoms with Gasteiger partial charge in [0.25, 0.3) is 0 Å². The van der Waals surface area contributed by atoms with Crippen LogP contribution in [0.1, 0.15) is 47.9 Å². The molecule has 1 atom stereocenters. The molecule has 4 nitrogen and oxygen atoms in total. The van der Waals surface area contributed by atoms with Gasteiger partial charge < -0.3 is 5.32 Å². The van der Waals surface area contributed by atoms with Crippen molar-refractivity contribution in [2.75, 3.05) is 5.32 Å². The number of benzene rings is 1. The van der Waals surface area contributed by atoms with Crippen molar-refractivity contribution in [2.45, 2.75) is 46.0 Å². The lowest BCUT2D eigenvalue weighted by molar-refractivity contribution is -0.120. The molecule has 0 radical (unpaired) electrons. The first-order chi connectivity index (χ1) is 13.5. The third-order valence-corrected chi connectivity index (χ3v) is 6.51. The highest BCUT2D eigenvalue weighted by Crippen LogP contribution is 2.35. The molecule has 28 heavy (non-hydrogen) atoms. The number of carbonyl (C=O) groups excluding carboxylic acids is 1. The molecule has 0 bridgehead atoms. The number of nitrogens with zero attached hydrogens (tertiary/aromatic N) is 2. The van der Waals surface area contributed by atoms with Crippen LogP contribution in [0.3, 0.4) is 0 Å². The van der Waals surface area contributed by atoms with E-state index in [-0.39, 0.29) is 11.8 Å². The van der Waals surface area contributed by atoms with Crippen LogP contribution in [0.2, 0.25) is 0 Å². The molecule has 0 saturated carbocycles. The molecule has 1 aliphatic carbocycles. The van der Waals surface area contributed by atoms with Crippen LogP contribution < -0.4 is 5.32 Å². The fourth-order valence-electron chi connectivity index (χ4n) is 3.77. The van der Waals surface area contributed by atoms with E-state index in [1.807, 2.05) is 18.2 Å². The number of pyridine rings is 1. The Morgan fingerprint density at radius 2 is 2.07 bits per heavy atom. The molecule has 1 N–H and O–H groups in total. The summed E-state index contributed by atoms with van der Waals surface area (Å²) in [6.45, 7) is 6.38. The molecule has 4 rings (SSSR count). The van der Waals surface area contributed by atoms with Crippen LogP contribution in [0.5, 0.6) is 0 Å². The fourth-order valence-corrected chi connectivity index (χ4v) is 4.93. The summed E-state index contributed by atoms with van der Waals surface area (Å²) in [6.07, 6.45) is 4.24. The minimum absolute atomic E-state index is 0.0100.